The molecule has 2 fully saturated rings. The summed E-state index contributed by atoms with van der Waals surface area (Å²) < 4.78 is 5.67. The summed E-state index contributed by atoms with van der Waals surface area (Å²) in [6.45, 7) is 8.18. The highest BCUT2D eigenvalue weighted by molar-refractivity contribution is 5.91. The maximum atomic E-state index is 12.4. The molecule has 2 saturated carbocycles. The highest BCUT2D eigenvalue weighted by atomic mass is 16.6. The van der Waals surface area contributed by atoms with Gasteiger partial charge in [0.05, 0.1) is 11.2 Å². The molecule has 3 heteroatoms. The minimum atomic E-state index is -0.923. The molecule has 2 aliphatic rings. The van der Waals surface area contributed by atoms with Crippen molar-refractivity contribution in [3.63, 3.8) is 0 Å². The Hall–Kier alpha value is -1.35. The first-order valence-corrected chi connectivity index (χ1v) is 7.72. The zero-order valence-corrected chi connectivity index (χ0v) is 13.2. The Morgan fingerprint density at radius 1 is 1.24 bits per heavy atom. The molecule has 0 heterocycles. The van der Waals surface area contributed by atoms with Crippen LogP contribution in [-0.2, 0) is 4.74 Å². The Morgan fingerprint density at radius 2 is 1.90 bits per heavy atom. The molecule has 0 spiro atoms. The Kier molecular flexibility index (Phi) is 3.17. The smallest absolute Gasteiger partial charge is 0.338 e. The van der Waals surface area contributed by atoms with Crippen molar-refractivity contribution in [1.29, 1.82) is 0 Å². The minimum absolute atomic E-state index is 0.272. The fourth-order valence-electron chi connectivity index (χ4n) is 3.96. The number of benzene rings is 1. The lowest BCUT2D eigenvalue weighted by molar-refractivity contribution is -0.0986. The molecule has 114 valence electrons. The molecule has 0 aliphatic heterocycles. The number of esters is 1. The van der Waals surface area contributed by atoms with Crippen molar-refractivity contribution in [3.8, 4) is 0 Å². The third kappa shape index (κ3) is 2.38. The first-order chi connectivity index (χ1) is 9.73. The van der Waals surface area contributed by atoms with E-state index in [1.54, 1.807) is 13.0 Å². The van der Waals surface area contributed by atoms with E-state index < -0.39 is 11.7 Å². The fraction of sp³-hybridized carbons (Fsp3) is 0.611. The van der Waals surface area contributed by atoms with Crippen LogP contribution in [0.3, 0.4) is 0 Å². The van der Waals surface area contributed by atoms with Gasteiger partial charge in [-0.05, 0) is 55.6 Å². The van der Waals surface area contributed by atoms with Crippen molar-refractivity contribution in [2.45, 2.75) is 52.2 Å². The van der Waals surface area contributed by atoms with E-state index in [1.807, 2.05) is 25.1 Å². The van der Waals surface area contributed by atoms with E-state index in [9.17, 15) is 9.90 Å². The van der Waals surface area contributed by atoms with Gasteiger partial charge >= 0.3 is 5.97 Å². The molecule has 1 N–H and O–H groups in total. The van der Waals surface area contributed by atoms with Crippen LogP contribution in [0.25, 0.3) is 0 Å². The molecule has 1 aromatic carbocycles. The van der Waals surface area contributed by atoms with Gasteiger partial charge in [-0.2, -0.15) is 0 Å². The molecule has 21 heavy (non-hydrogen) atoms. The van der Waals surface area contributed by atoms with Crippen molar-refractivity contribution in [3.05, 3.63) is 35.4 Å². The van der Waals surface area contributed by atoms with E-state index in [2.05, 4.69) is 13.8 Å². The van der Waals surface area contributed by atoms with Crippen LogP contribution in [0.5, 0.6) is 0 Å². The molecular formula is C18H24O3. The second-order valence-electron chi connectivity index (χ2n) is 7.54. The summed E-state index contributed by atoms with van der Waals surface area (Å²) in [5.74, 6) is 0.795. The normalized spacial score (nSPS) is 36.7. The summed E-state index contributed by atoms with van der Waals surface area (Å²) in [4.78, 5) is 12.4. The van der Waals surface area contributed by atoms with Crippen molar-refractivity contribution in [1.82, 2.24) is 0 Å². The van der Waals surface area contributed by atoms with Crippen molar-refractivity contribution < 1.29 is 14.6 Å². The number of aliphatic hydroxyl groups is 1. The topological polar surface area (TPSA) is 46.5 Å². The van der Waals surface area contributed by atoms with Crippen molar-refractivity contribution in [2.24, 2.45) is 17.3 Å². The molecule has 0 amide bonds. The van der Waals surface area contributed by atoms with Gasteiger partial charge in [0.1, 0.15) is 6.10 Å². The molecule has 0 saturated heterocycles. The largest absolute Gasteiger partial charge is 0.456 e. The Balaban J connectivity index is 1.75. The van der Waals surface area contributed by atoms with Crippen molar-refractivity contribution >= 4 is 5.97 Å². The van der Waals surface area contributed by atoms with Crippen LogP contribution in [0.4, 0.5) is 0 Å². The lowest BCUT2D eigenvalue weighted by atomic mass is 9.83. The Bertz CT molecular complexity index is 574. The van der Waals surface area contributed by atoms with E-state index in [0.717, 1.165) is 18.4 Å². The summed E-state index contributed by atoms with van der Waals surface area (Å²) in [7, 11) is 0. The van der Waals surface area contributed by atoms with Crippen LogP contribution in [0.2, 0.25) is 0 Å². The van der Waals surface area contributed by atoms with E-state index in [1.165, 1.54) is 0 Å². The van der Waals surface area contributed by atoms with Crippen molar-refractivity contribution in [2.75, 3.05) is 0 Å². The van der Waals surface area contributed by atoms with Gasteiger partial charge in [-0.15, -0.1) is 0 Å². The molecule has 3 rings (SSSR count). The maximum absolute atomic E-state index is 12.4. The molecule has 3 nitrogen and oxygen atoms in total. The molecule has 0 unspecified atom stereocenters. The number of aryl methyl sites for hydroxylation is 1. The zero-order chi connectivity index (χ0) is 15.4. The molecular weight excluding hydrogens is 264 g/mol. The van der Waals surface area contributed by atoms with Gasteiger partial charge in [0.15, 0.2) is 0 Å². The number of rotatable bonds is 2. The summed E-state index contributed by atoms with van der Waals surface area (Å²) in [5, 5.41) is 10.7. The SMILES string of the molecule is Cc1ccccc1C(=O)O[C@@H]1C[C@@H]2[C@@H](C[C@@]1(C)O)C2(C)C. The van der Waals surface area contributed by atoms with Crippen LogP contribution >= 0.6 is 0 Å². The number of hydrogen-bond donors (Lipinski definition) is 1. The number of hydrogen-bond acceptors (Lipinski definition) is 3. The van der Waals surface area contributed by atoms with Crippen LogP contribution in [0.15, 0.2) is 24.3 Å². The van der Waals surface area contributed by atoms with E-state index in [0.29, 0.717) is 17.4 Å². The van der Waals surface area contributed by atoms with Gasteiger partial charge in [-0.25, -0.2) is 4.79 Å². The highest BCUT2D eigenvalue weighted by Crippen LogP contribution is 2.66. The average Bonchev–Trinajstić information content (AvgIpc) is 2.90. The van der Waals surface area contributed by atoms with Gasteiger partial charge < -0.3 is 9.84 Å². The number of carbonyl (C=O) groups excluding carboxylic acids is 1. The Labute approximate surface area is 126 Å². The monoisotopic (exact) mass is 288 g/mol. The van der Waals surface area contributed by atoms with Gasteiger partial charge in [0.2, 0.25) is 0 Å². The molecule has 0 bridgehead atoms. The van der Waals surface area contributed by atoms with E-state index >= 15 is 0 Å². The van der Waals surface area contributed by atoms with Gasteiger partial charge in [0.25, 0.3) is 0 Å². The van der Waals surface area contributed by atoms with Gasteiger partial charge in [-0.1, -0.05) is 32.0 Å². The second-order valence-corrected chi connectivity index (χ2v) is 7.54. The predicted octanol–water partition coefficient (Wildman–Crippen LogP) is 3.34. The fourth-order valence-corrected chi connectivity index (χ4v) is 3.96. The molecule has 1 aromatic rings. The molecule has 4 atom stereocenters. The maximum Gasteiger partial charge on any atom is 0.338 e. The quantitative estimate of drug-likeness (QED) is 0.849. The standard InChI is InChI=1S/C18H24O3/c1-11-7-5-6-8-12(11)16(19)21-15-9-13-14(17(13,2)3)10-18(15,4)20/h5-8,13-15,20H,9-10H2,1-4H3/t13-,14-,15-,18-/m1/s1. The van der Waals surface area contributed by atoms with E-state index in [4.69, 9.17) is 4.74 Å². The number of ether oxygens (including phenoxy) is 1. The lowest BCUT2D eigenvalue weighted by Gasteiger charge is -2.36. The predicted molar refractivity (Wildman–Crippen MR) is 81.0 cm³/mol. The zero-order valence-electron chi connectivity index (χ0n) is 13.2. The highest BCUT2D eigenvalue weighted by Gasteiger charge is 2.64. The number of carbonyl (C=O) groups is 1. The molecule has 0 aromatic heterocycles. The Morgan fingerprint density at radius 3 is 2.57 bits per heavy atom. The van der Waals surface area contributed by atoms with Crippen LogP contribution in [0, 0.1) is 24.2 Å². The summed E-state index contributed by atoms with van der Waals surface area (Å²) >= 11 is 0. The first kappa shape index (κ1) is 14.6. The number of fused-ring (bicyclic) bond motifs is 1. The first-order valence-electron chi connectivity index (χ1n) is 7.72. The molecule has 0 radical (unpaired) electrons. The van der Waals surface area contributed by atoms with Crippen LogP contribution in [0.1, 0.15) is 49.5 Å². The summed E-state index contributed by atoms with van der Waals surface area (Å²) in [5.41, 5.74) is 0.842. The third-order valence-electron chi connectivity index (χ3n) is 5.70. The summed E-state index contributed by atoms with van der Waals surface area (Å²) in [6, 6.07) is 7.41. The average molecular weight is 288 g/mol. The van der Waals surface area contributed by atoms with Gasteiger partial charge in [0, 0.05) is 0 Å². The molecule has 2 aliphatic carbocycles. The van der Waals surface area contributed by atoms with Crippen LogP contribution in [-0.4, -0.2) is 22.8 Å². The van der Waals surface area contributed by atoms with Gasteiger partial charge in [-0.3, -0.25) is 0 Å². The van der Waals surface area contributed by atoms with E-state index in [-0.39, 0.29) is 11.4 Å². The second kappa shape index (κ2) is 4.57. The summed E-state index contributed by atoms with van der Waals surface area (Å²) in [6.07, 6.45) is 1.08. The third-order valence-corrected chi connectivity index (χ3v) is 5.70. The minimum Gasteiger partial charge on any atom is -0.456 e. The lowest BCUT2D eigenvalue weighted by Crippen LogP contribution is -2.45. The van der Waals surface area contributed by atoms with Crippen LogP contribution < -0.4 is 0 Å².